The molecule has 0 fully saturated rings. The van der Waals surface area contributed by atoms with E-state index in [1.165, 1.54) is 0 Å². The standard InChI is InChI=1S/C21H16ClN3O2/c22-14-6-8-15(9-7-14)24-21(27)25-18-11-10-16(13-4-2-1-3-5-13)17-12-23-20(26)19(17)18/h1-11H,12H2,(H,23,26)(H2,24,25,27). The molecule has 4 rings (SSSR count). The molecule has 3 amide bonds. The predicted octanol–water partition coefficient (Wildman–Crippen LogP) is 4.89. The first kappa shape index (κ1) is 17.1. The molecule has 0 radical (unpaired) electrons. The van der Waals surface area contributed by atoms with Crippen LogP contribution in [0.4, 0.5) is 16.2 Å². The third kappa shape index (κ3) is 3.50. The first-order valence-electron chi connectivity index (χ1n) is 8.45. The Bertz CT molecular complexity index is 1020. The molecule has 0 spiro atoms. The van der Waals surface area contributed by atoms with Crippen molar-refractivity contribution in [2.24, 2.45) is 0 Å². The minimum atomic E-state index is -0.424. The lowest BCUT2D eigenvalue weighted by molar-refractivity contribution is 0.0966. The van der Waals surface area contributed by atoms with Crippen molar-refractivity contribution in [1.82, 2.24) is 5.32 Å². The number of carbonyl (C=O) groups is 2. The number of nitrogens with one attached hydrogen (secondary N) is 3. The SMILES string of the molecule is O=C(Nc1ccc(Cl)cc1)Nc1ccc(-c2ccccc2)c2c1C(=O)NC2. The summed E-state index contributed by atoms with van der Waals surface area (Å²) in [5.74, 6) is -0.190. The van der Waals surface area contributed by atoms with Crippen molar-refractivity contribution in [1.29, 1.82) is 0 Å². The van der Waals surface area contributed by atoms with E-state index in [-0.39, 0.29) is 5.91 Å². The monoisotopic (exact) mass is 377 g/mol. The van der Waals surface area contributed by atoms with E-state index < -0.39 is 6.03 Å². The summed E-state index contributed by atoms with van der Waals surface area (Å²) in [5, 5.41) is 8.93. The number of amides is 3. The van der Waals surface area contributed by atoms with E-state index in [1.54, 1.807) is 30.3 Å². The molecule has 1 aliphatic rings. The minimum Gasteiger partial charge on any atom is -0.348 e. The molecule has 134 valence electrons. The lowest BCUT2D eigenvalue weighted by Crippen LogP contribution is -2.21. The predicted molar refractivity (Wildman–Crippen MR) is 107 cm³/mol. The highest BCUT2D eigenvalue weighted by molar-refractivity contribution is 6.30. The number of halogens is 1. The highest BCUT2D eigenvalue weighted by atomic mass is 35.5. The molecule has 0 aromatic heterocycles. The number of carbonyl (C=O) groups excluding carboxylic acids is 2. The third-order valence-corrected chi connectivity index (χ3v) is 4.65. The molecule has 5 nitrogen and oxygen atoms in total. The van der Waals surface area contributed by atoms with Crippen LogP contribution in [0.3, 0.4) is 0 Å². The number of rotatable bonds is 3. The average Bonchev–Trinajstić information content (AvgIpc) is 3.07. The van der Waals surface area contributed by atoms with Gasteiger partial charge in [-0.05, 0) is 47.0 Å². The maximum atomic E-state index is 12.3. The van der Waals surface area contributed by atoms with Gasteiger partial charge in [-0.3, -0.25) is 4.79 Å². The molecular formula is C21H16ClN3O2. The fourth-order valence-corrected chi connectivity index (χ4v) is 3.28. The van der Waals surface area contributed by atoms with Crippen LogP contribution in [0.25, 0.3) is 11.1 Å². The number of fused-ring (bicyclic) bond motifs is 1. The van der Waals surface area contributed by atoms with Crippen molar-refractivity contribution in [3.05, 3.63) is 82.9 Å². The van der Waals surface area contributed by atoms with Gasteiger partial charge in [0.15, 0.2) is 0 Å². The zero-order valence-electron chi connectivity index (χ0n) is 14.3. The third-order valence-electron chi connectivity index (χ3n) is 4.40. The quantitative estimate of drug-likeness (QED) is 0.608. The molecule has 3 aromatic carbocycles. The zero-order valence-corrected chi connectivity index (χ0v) is 15.0. The molecular weight excluding hydrogens is 362 g/mol. The van der Waals surface area contributed by atoms with Crippen molar-refractivity contribution in [2.75, 3.05) is 10.6 Å². The summed E-state index contributed by atoms with van der Waals surface area (Å²) in [7, 11) is 0. The van der Waals surface area contributed by atoms with Crippen LogP contribution in [0.1, 0.15) is 15.9 Å². The van der Waals surface area contributed by atoms with Crippen LogP contribution in [-0.2, 0) is 6.54 Å². The van der Waals surface area contributed by atoms with Gasteiger partial charge >= 0.3 is 6.03 Å². The normalized spacial score (nSPS) is 12.3. The first-order chi connectivity index (χ1) is 13.1. The largest absolute Gasteiger partial charge is 0.348 e. The van der Waals surface area contributed by atoms with Gasteiger partial charge in [-0.15, -0.1) is 0 Å². The Kier molecular flexibility index (Phi) is 4.52. The van der Waals surface area contributed by atoms with E-state index >= 15 is 0 Å². The topological polar surface area (TPSA) is 70.2 Å². The lowest BCUT2D eigenvalue weighted by Gasteiger charge is -2.13. The van der Waals surface area contributed by atoms with E-state index in [2.05, 4.69) is 16.0 Å². The Labute approximate surface area is 161 Å². The van der Waals surface area contributed by atoms with E-state index in [9.17, 15) is 9.59 Å². The van der Waals surface area contributed by atoms with Gasteiger partial charge in [-0.1, -0.05) is 48.0 Å². The van der Waals surface area contributed by atoms with E-state index in [0.717, 1.165) is 16.7 Å². The number of hydrogen-bond donors (Lipinski definition) is 3. The van der Waals surface area contributed by atoms with Crippen LogP contribution >= 0.6 is 11.6 Å². The fourth-order valence-electron chi connectivity index (χ4n) is 3.16. The van der Waals surface area contributed by atoms with E-state index in [0.29, 0.717) is 28.5 Å². The summed E-state index contributed by atoms with van der Waals surface area (Å²) in [4.78, 5) is 24.7. The molecule has 6 heteroatoms. The Balaban J connectivity index is 1.62. The maximum absolute atomic E-state index is 12.3. The van der Waals surface area contributed by atoms with Gasteiger partial charge in [0.1, 0.15) is 0 Å². The highest BCUT2D eigenvalue weighted by Gasteiger charge is 2.26. The molecule has 1 aliphatic heterocycles. The van der Waals surface area contributed by atoms with E-state index in [1.807, 2.05) is 36.4 Å². The summed E-state index contributed by atoms with van der Waals surface area (Å²) in [6.45, 7) is 0.437. The number of anilines is 2. The Hall–Kier alpha value is -3.31. The molecule has 3 N–H and O–H groups in total. The van der Waals surface area contributed by atoms with Gasteiger partial charge < -0.3 is 16.0 Å². The second-order valence-electron chi connectivity index (χ2n) is 6.15. The van der Waals surface area contributed by atoms with Crippen molar-refractivity contribution in [3.63, 3.8) is 0 Å². The molecule has 1 heterocycles. The van der Waals surface area contributed by atoms with Gasteiger partial charge in [0, 0.05) is 17.3 Å². The second kappa shape index (κ2) is 7.13. The minimum absolute atomic E-state index is 0.190. The van der Waals surface area contributed by atoms with Gasteiger partial charge in [0.05, 0.1) is 11.3 Å². The molecule has 0 atom stereocenters. The fraction of sp³-hybridized carbons (Fsp3) is 0.0476. The van der Waals surface area contributed by atoms with Crippen LogP contribution in [0.15, 0.2) is 66.7 Å². The summed E-state index contributed by atoms with van der Waals surface area (Å²) >= 11 is 5.85. The second-order valence-corrected chi connectivity index (χ2v) is 6.59. The molecule has 0 aliphatic carbocycles. The Morgan fingerprint density at radius 2 is 1.67 bits per heavy atom. The highest BCUT2D eigenvalue weighted by Crippen LogP contribution is 2.34. The Morgan fingerprint density at radius 1 is 0.926 bits per heavy atom. The van der Waals surface area contributed by atoms with Crippen molar-refractivity contribution in [3.8, 4) is 11.1 Å². The molecule has 0 saturated heterocycles. The van der Waals surface area contributed by atoms with Crippen LogP contribution in [0, 0.1) is 0 Å². The zero-order chi connectivity index (χ0) is 18.8. The molecule has 3 aromatic rings. The summed E-state index contributed by atoms with van der Waals surface area (Å²) in [6, 6.07) is 19.9. The number of hydrogen-bond acceptors (Lipinski definition) is 2. The molecule has 0 saturated carbocycles. The molecule has 0 bridgehead atoms. The smallest absolute Gasteiger partial charge is 0.323 e. The lowest BCUT2D eigenvalue weighted by atomic mass is 9.95. The molecule has 0 unspecified atom stereocenters. The van der Waals surface area contributed by atoms with Crippen LogP contribution < -0.4 is 16.0 Å². The van der Waals surface area contributed by atoms with Crippen molar-refractivity contribution >= 4 is 34.9 Å². The van der Waals surface area contributed by atoms with Crippen LogP contribution in [-0.4, -0.2) is 11.9 Å². The molecule has 27 heavy (non-hydrogen) atoms. The van der Waals surface area contributed by atoms with Gasteiger partial charge in [-0.25, -0.2) is 4.79 Å². The first-order valence-corrected chi connectivity index (χ1v) is 8.83. The van der Waals surface area contributed by atoms with E-state index in [4.69, 9.17) is 11.6 Å². The Morgan fingerprint density at radius 3 is 2.41 bits per heavy atom. The summed E-state index contributed by atoms with van der Waals surface area (Å²) in [6.07, 6.45) is 0. The van der Waals surface area contributed by atoms with Gasteiger partial charge in [0.2, 0.25) is 0 Å². The van der Waals surface area contributed by atoms with Gasteiger partial charge in [0.25, 0.3) is 5.91 Å². The maximum Gasteiger partial charge on any atom is 0.323 e. The van der Waals surface area contributed by atoms with Gasteiger partial charge in [-0.2, -0.15) is 0 Å². The van der Waals surface area contributed by atoms with Crippen molar-refractivity contribution < 1.29 is 9.59 Å². The average molecular weight is 378 g/mol. The van der Waals surface area contributed by atoms with Crippen molar-refractivity contribution in [2.45, 2.75) is 6.54 Å². The summed E-state index contributed by atoms with van der Waals surface area (Å²) in [5.41, 5.74) is 4.48. The van der Waals surface area contributed by atoms with Crippen LogP contribution in [0.2, 0.25) is 5.02 Å². The van der Waals surface area contributed by atoms with Crippen LogP contribution in [0.5, 0.6) is 0 Å². The summed E-state index contributed by atoms with van der Waals surface area (Å²) < 4.78 is 0. The number of benzene rings is 3. The number of urea groups is 1.